The number of para-hydroxylation sites is 1. The molecule has 0 atom stereocenters. The highest BCUT2D eigenvalue weighted by Crippen LogP contribution is 2.26. The molecule has 1 amide bonds. The highest BCUT2D eigenvalue weighted by Gasteiger charge is 2.20. The highest BCUT2D eigenvalue weighted by atomic mass is 16.4. The monoisotopic (exact) mass is 420 g/mol. The summed E-state index contributed by atoms with van der Waals surface area (Å²) in [7, 11) is 0. The molecule has 32 heavy (non-hydrogen) atoms. The van der Waals surface area contributed by atoms with Crippen LogP contribution in [-0.2, 0) is 0 Å². The van der Waals surface area contributed by atoms with Gasteiger partial charge < -0.3 is 4.42 Å². The first-order valence-corrected chi connectivity index (χ1v) is 10.2. The molecule has 0 unspecified atom stereocenters. The molecule has 5 rings (SSSR count). The Kier molecular flexibility index (Phi) is 5.09. The number of oxazole rings is 1. The van der Waals surface area contributed by atoms with Crippen LogP contribution in [0.4, 0.5) is 6.01 Å². The Balaban J connectivity index is 1.47. The maximum atomic E-state index is 13.2. The van der Waals surface area contributed by atoms with Crippen LogP contribution in [-0.4, -0.2) is 20.7 Å². The number of nitrogens with zero attached hydrogens (tertiary/aromatic N) is 3. The summed E-state index contributed by atoms with van der Waals surface area (Å²) in [6, 6.07) is 27.4. The maximum Gasteiger partial charge on any atom is 0.302 e. The van der Waals surface area contributed by atoms with Gasteiger partial charge in [-0.3, -0.25) is 10.1 Å². The molecule has 0 fully saturated rings. The molecule has 2 aromatic heterocycles. The van der Waals surface area contributed by atoms with Crippen LogP contribution in [0.2, 0.25) is 0 Å². The molecule has 156 valence electrons. The van der Waals surface area contributed by atoms with E-state index in [1.807, 2.05) is 91.9 Å². The van der Waals surface area contributed by atoms with Crippen molar-refractivity contribution in [2.24, 2.45) is 0 Å². The number of aromatic nitrogens is 3. The number of nitrogens with one attached hydrogen (secondary N) is 1. The predicted molar refractivity (Wildman–Crippen MR) is 124 cm³/mol. The Bertz CT molecular complexity index is 1350. The number of aryl methyl sites for hydroxylation is 1. The van der Waals surface area contributed by atoms with Crippen molar-refractivity contribution in [3.05, 3.63) is 109 Å². The van der Waals surface area contributed by atoms with Gasteiger partial charge >= 0.3 is 6.01 Å². The van der Waals surface area contributed by atoms with Crippen molar-refractivity contribution in [3.8, 4) is 28.2 Å². The standard InChI is InChI=1S/C26H20N4O2/c1-18-12-14-19(15-13-18)23-17-32-26(27-23)28-25(31)22-16-30(21-10-6-3-7-11-21)29-24(22)20-8-4-2-5-9-20/h2-17H,1H3,(H,27,28,31). The van der Waals surface area contributed by atoms with Crippen LogP contribution in [0.1, 0.15) is 15.9 Å². The molecule has 6 heteroatoms. The van der Waals surface area contributed by atoms with Gasteiger partial charge in [-0.1, -0.05) is 78.4 Å². The maximum absolute atomic E-state index is 13.2. The molecule has 0 saturated carbocycles. The number of hydrogen-bond donors (Lipinski definition) is 1. The van der Waals surface area contributed by atoms with Crippen LogP contribution in [0.15, 0.2) is 102 Å². The largest absolute Gasteiger partial charge is 0.431 e. The average Bonchev–Trinajstić information content (AvgIpc) is 3.48. The summed E-state index contributed by atoms with van der Waals surface area (Å²) < 4.78 is 7.21. The van der Waals surface area contributed by atoms with E-state index in [1.54, 1.807) is 10.9 Å². The van der Waals surface area contributed by atoms with Crippen LogP contribution < -0.4 is 5.32 Å². The zero-order chi connectivity index (χ0) is 21.9. The zero-order valence-electron chi connectivity index (χ0n) is 17.4. The molecule has 0 aliphatic carbocycles. The van der Waals surface area contributed by atoms with E-state index in [-0.39, 0.29) is 11.9 Å². The number of carbonyl (C=O) groups is 1. The van der Waals surface area contributed by atoms with Crippen molar-refractivity contribution in [1.29, 1.82) is 0 Å². The number of hydrogen-bond acceptors (Lipinski definition) is 4. The first kappa shape index (κ1) is 19.5. The lowest BCUT2D eigenvalue weighted by molar-refractivity contribution is 0.102. The van der Waals surface area contributed by atoms with E-state index in [1.165, 1.54) is 6.26 Å². The molecule has 6 nitrogen and oxygen atoms in total. The quantitative estimate of drug-likeness (QED) is 0.393. The molecule has 0 spiro atoms. The number of carbonyl (C=O) groups excluding carboxylic acids is 1. The molecule has 2 heterocycles. The molecule has 0 aliphatic heterocycles. The van der Waals surface area contributed by atoms with Gasteiger partial charge in [0.25, 0.3) is 5.91 Å². The Morgan fingerprint density at radius 2 is 1.56 bits per heavy atom. The first-order valence-electron chi connectivity index (χ1n) is 10.2. The molecule has 5 aromatic rings. The van der Waals surface area contributed by atoms with Gasteiger partial charge in [-0.15, -0.1) is 0 Å². The van der Waals surface area contributed by atoms with Gasteiger partial charge in [0.05, 0.1) is 11.3 Å². The Hall–Kier alpha value is -4.45. The summed E-state index contributed by atoms with van der Waals surface area (Å²) in [5.41, 5.74) is 5.45. The zero-order valence-corrected chi connectivity index (χ0v) is 17.4. The van der Waals surface area contributed by atoms with E-state index in [4.69, 9.17) is 4.42 Å². The third-order valence-electron chi connectivity index (χ3n) is 5.10. The number of amides is 1. The van der Waals surface area contributed by atoms with Crippen LogP contribution in [0.3, 0.4) is 0 Å². The van der Waals surface area contributed by atoms with Gasteiger partial charge in [0, 0.05) is 17.3 Å². The lowest BCUT2D eigenvalue weighted by atomic mass is 10.1. The van der Waals surface area contributed by atoms with Gasteiger partial charge in [-0.25, -0.2) is 4.68 Å². The molecule has 0 saturated heterocycles. The fourth-order valence-electron chi connectivity index (χ4n) is 3.41. The van der Waals surface area contributed by atoms with Gasteiger partial charge in [0.15, 0.2) is 0 Å². The smallest absolute Gasteiger partial charge is 0.302 e. The van der Waals surface area contributed by atoms with Crippen molar-refractivity contribution < 1.29 is 9.21 Å². The summed E-state index contributed by atoms with van der Waals surface area (Å²) in [6.07, 6.45) is 3.25. The Morgan fingerprint density at radius 1 is 0.875 bits per heavy atom. The van der Waals surface area contributed by atoms with E-state index in [0.717, 1.165) is 22.4 Å². The van der Waals surface area contributed by atoms with Crippen LogP contribution >= 0.6 is 0 Å². The summed E-state index contributed by atoms with van der Waals surface area (Å²) in [4.78, 5) is 17.6. The molecule has 1 N–H and O–H groups in total. The molecule has 0 radical (unpaired) electrons. The summed E-state index contributed by atoms with van der Waals surface area (Å²) in [5, 5.41) is 7.44. The topological polar surface area (TPSA) is 73.0 Å². The van der Waals surface area contributed by atoms with E-state index in [9.17, 15) is 4.79 Å². The Morgan fingerprint density at radius 3 is 2.28 bits per heavy atom. The van der Waals surface area contributed by atoms with Crippen molar-refractivity contribution in [1.82, 2.24) is 14.8 Å². The molecular formula is C26H20N4O2. The van der Waals surface area contributed by atoms with Gasteiger partial charge in [0.2, 0.25) is 0 Å². The van der Waals surface area contributed by atoms with Gasteiger partial charge in [0.1, 0.15) is 17.7 Å². The minimum absolute atomic E-state index is 0.136. The fourth-order valence-corrected chi connectivity index (χ4v) is 3.41. The molecule has 0 bridgehead atoms. The fraction of sp³-hybridized carbons (Fsp3) is 0.0385. The van der Waals surface area contributed by atoms with Crippen molar-refractivity contribution in [2.75, 3.05) is 5.32 Å². The summed E-state index contributed by atoms with van der Waals surface area (Å²) in [6.45, 7) is 2.03. The van der Waals surface area contributed by atoms with Gasteiger partial charge in [-0.05, 0) is 19.1 Å². The van der Waals surface area contributed by atoms with Crippen LogP contribution in [0.25, 0.3) is 28.2 Å². The van der Waals surface area contributed by atoms with E-state index in [0.29, 0.717) is 17.0 Å². The molecular weight excluding hydrogens is 400 g/mol. The predicted octanol–water partition coefficient (Wildman–Crippen LogP) is 5.76. The first-order chi connectivity index (χ1) is 15.7. The van der Waals surface area contributed by atoms with Crippen molar-refractivity contribution in [2.45, 2.75) is 6.92 Å². The second-order valence-electron chi connectivity index (χ2n) is 7.40. The number of anilines is 1. The minimum Gasteiger partial charge on any atom is -0.431 e. The summed E-state index contributed by atoms with van der Waals surface area (Å²) in [5.74, 6) is -0.344. The third-order valence-corrected chi connectivity index (χ3v) is 5.10. The van der Waals surface area contributed by atoms with E-state index < -0.39 is 0 Å². The van der Waals surface area contributed by atoms with Crippen molar-refractivity contribution in [3.63, 3.8) is 0 Å². The molecule has 0 aliphatic rings. The Labute approximate surface area is 185 Å². The average molecular weight is 420 g/mol. The number of benzene rings is 3. The van der Waals surface area contributed by atoms with E-state index in [2.05, 4.69) is 15.4 Å². The lowest BCUT2D eigenvalue weighted by Gasteiger charge is -2.02. The van der Waals surface area contributed by atoms with Crippen molar-refractivity contribution >= 4 is 11.9 Å². The normalized spacial score (nSPS) is 10.8. The van der Waals surface area contributed by atoms with Gasteiger partial charge in [-0.2, -0.15) is 10.1 Å². The van der Waals surface area contributed by atoms with Crippen LogP contribution in [0.5, 0.6) is 0 Å². The second kappa shape index (κ2) is 8.35. The highest BCUT2D eigenvalue weighted by molar-refractivity contribution is 6.07. The summed E-state index contributed by atoms with van der Waals surface area (Å²) >= 11 is 0. The second-order valence-corrected chi connectivity index (χ2v) is 7.40. The number of rotatable bonds is 5. The minimum atomic E-state index is -0.344. The SMILES string of the molecule is Cc1ccc(-c2coc(NC(=O)c3cn(-c4ccccc4)nc3-c3ccccc3)n2)cc1. The van der Waals surface area contributed by atoms with E-state index >= 15 is 0 Å². The molecule has 3 aromatic carbocycles. The van der Waals surface area contributed by atoms with Crippen LogP contribution in [0, 0.1) is 6.92 Å². The third kappa shape index (κ3) is 3.94. The lowest BCUT2D eigenvalue weighted by Crippen LogP contribution is -2.12.